The normalized spacial score (nSPS) is 11.2. The highest BCUT2D eigenvalue weighted by Crippen LogP contribution is 2.24. The van der Waals surface area contributed by atoms with Crippen LogP contribution in [0.1, 0.15) is 5.56 Å². The summed E-state index contributed by atoms with van der Waals surface area (Å²) in [4.78, 5) is 6.39. The van der Waals surface area contributed by atoms with Crippen molar-refractivity contribution in [1.29, 1.82) is 0 Å². The molecule has 0 radical (unpaired) electrons. The van der Waals surface area contributed by atoms with E-state index in [4.69, 9.17) is 21.4 Å². The second kappa shape index (κ2) is 6.19. The van der Waals surface area contributed by atoms with Crippen molar-refractivity contribution in [1.82, 2.24) is 9.88 Å². The number of aromatic nitrogens is 1. The molecule has 5 heteroatoms. The summed E-state index contributed by atoms with van der Waals surface area (Å²) in [5, 5.41) is 10.4. The van der Waals surface area contributed by atoms with E-state index in [2.05, 4.69) is 4.98 Å². The van der Waals surface area contributed by atoms with Crippen LogP contribution in [-0.4, -0.2) is 42.3 Å². The minimum Gasteiger partial charge on any atom is -0.497 e. The van der Waals surface area contributed by atoms with Crippen molar-refractivity contribution in [3.05, 3.63) is 35.0 Å². The summed E-state index contributed by atoms with van der Waals surface area (Å²) >= 11 is 6.20. The first-order chi connectivity index (χ1) is 9.13. The summed E-state index contributed by atoms with van der Waals surface area (Å²) in [6.07, 6.45) is 0. The van der Waals surface area contributed by atoms with Crippen molar-refractivity contribution in [2.45, 2.75) is 6.54 Å². The molecule has 0 aliphatic heterocycles. The smallest absolute Gasteiger partial charge is 0.134 e. The molecule has 0 fully saturated rings. The standard InChI is InChI=1S/C14H17ClN2O2/c1-17(5-6-18)9-11-7-10-3-4-12(19-2)8-13(10)16-14(11)15/h3-4,7-8,18H,5-6,9H2,1-2H3. The fraction of sp³-hybridized carbons (Fsp3) is 0.357. The number of fused-ring (bicyclic) bond motifs is 1. The number of methoxy groups -OCH3 is 1. The van der Waals surface area contributed by atoms with Gasteiger partial charge in [0.25, 0.3) is 0 Å². The van der Waals surface area contributed by atoms with Crippen LogP contribution in [0, 0.1) is 0 Å². The number of hydrogen-bond donors (Lipinski definition) is 1. The van der Waals surface area contributed by atoms with Crippen LogP contribution in [0.25, 0.3) is 10.9 Å². The highest BCUT2D eigenvalue weighted by Gasteiger charge is 2.08. The van der Waals surface area contributed by atoms with Crippen LogP contribution in [-0.2, 0) is 6.54 Å². The summed E-state index contributed by atoms with van der Waals surface area (Å²) in [6, 6.07) is 7.76. The number of ether oxygens (including phenoxy) is 1. The minimum atomic E-state index is 0.131. The van der Waals surface area contributed by atoms with Gasteiger partial charge in [-0.3, -0.25) is 4.90 Å². The van der Waals surface area contributed by atoms with Gasteiger partial charge in [-0.25, -0.2) is 4.98 Å². The van der Waals surface area contributed by atoms with E-state index in [0.717, 1.165) is 22.2 Å². The molecular weight excluding hydrogens is 264 g/mol. The third-order valence-electron chi connectivity index (χ3n) is 2.97. The second-order valence-electron chi connectivity index (χ2n) is 4.46. The SMILES string of the molecule is COc1ccc2cc(CN(C)CCO)c(Cl)nc2c1. The van der Waals surface area contributed by atoms with Crippen molar-refractivity contribution in [2.24, 2.45) is 0 Å². The van der Waals surface area contributed by atoms with Crippen molar-refractivity contribution >= 4 is 22.5 Å². The van der Waals surface area contributed by atoms with E-state index >= 15 is 0 Å². The maximum atomic E-state index is 8.91. The van der Waals surface area contributed by atoms with E-state index in [1.54, 1.807) is 7.11 Å². The summed E-state index contributed by atoms with van der Waals surface area (Å²) in [5.41, 5.74) is 1.77. The minimum absolute atomic E-state index is 0.131. The molecule has 0 aliphatic rings. The Morgan fingerprint density at radius 3 is 2.84 bits per heavy atom. The van der Waals surface area contributed by atoms with E-state index < -0.39 is 0 Å². The number of nitrogens with zero attached hydrogens (tertiary/aromatic N) is 2. The largest absolute Gasteiger partial charge is 0.497 e. The van der Waals surface area contributed by atoms with Crippen LogP contribution >= 0.6 is 11.6 Å². The van der Waals surface area contributed by atoms with E-state index in [0.29, 0.717) is 18.2 Å². The van der Waals surface area contributed by atoms with Crippen LogP contribution < -0.4 is 4.74 Å². The Hall–Kier alpha value is -1.36. The molecule has 2 aromatic rings. The number of aliphatic hydroxyl groups is 1. The van der Waals surface area contributed by atoms with Crippen molar-refractivity contribution in [3.8, 4) is 5.75 Å². The van der Waals surface area contributed by atoms with Gasteiger partial charge >= 0.3 is 0 Å². The molecule has 0 saturated carbocycles. The maximum absolute atomic E-state index is 8.91. The number of pyridine rings is 1. The van der Waals surface area contributed by atoms with Crippen LogP contribution in [0.3, 0.4) is 0 Å². The quantitative estimate of drug-likeness (QED) is 0.854. The summed E-state index contributed by atoms with van der Waals surface area (Å²) in [7, 11) is 3.56. The molecule has 102 valence electrons. The lowest BCUT2D eigenvalue weighted by atomic mass is 10.1. The fourth-order valence-electron chi connectivity index (χ4n) is 1.95. The van der Waals surface area contributed by atoms with Gasteiger partial charge in [0.05, 0.1) is 19.2 Å². The third kappa shape index (κ3) is 3.35. The second-order valence-corrected chi connectivity index (χ2v) is 4.82. The third-order valence-corrected chi connectivity index (χ3v) is 3.30. The zero-order valence-corrected chi connectivity index (χ0v) is 11.8. The van der Waals surface area contributed by atoms with Crippen LogP contribution in [0.15, 0.2) is 24.3 Å². The molecule has 1 aromatic carbocycles. The Labute approximate surface area is 117 Å². The number of benzene rings is 1. The predicted molar refractivity (Wildman–Crippen MR) is 76.7 cm³/mol. The molecule has 0 unspecified atom stereocenters. The molecule has 0 saturated heterocycles. The molecule has 1 aromatic heterocycles. The molecule has 0 bridgehead atoms. The number of halogens is 1. The van der Waals surface area contributed by atoms with Gasteiger partial charge in [-0.15, -0.1) is 0 Å². The topological polar surface area (TPSA) is 45.6 Å². The van der Waals surface area contributed by atoms with Crippen LogP contribution in [0.5, 0.6) is 5.75 Å². The molecule has 0 spiro atoms. The molecule has 0 amide bonds. The Balaban J connectivity index is 2.33. The van der Waals surface area contributed by atoms with Crippen molar-refractivity contribution < 1.29 is 9.84 Å². The van der Waals surface area contributed by atoms with E-state index in [-0.39, 0.29) is 6.61 Å². The molecule has 0 aliphatic carbocycles. The molecule has 1 heterocycles. The van der Waals surface area contributed by atoms with E-state index in [1.807, 2.05) is 36.2 Å². The Morgan fingerprint density at radius 2 is 2.16 bits per heavy atom. The Kier molecular flexibility index (Phi) is 4.58. The highest BCUT2D eigenvalue weighted by atomic mass is 35.5. The molecule has 2 rings (SSSR count). The zero-order valence-electron chi connectivity index (χ0n) is 11.1. The molecule has 4 nitrogen and oxygen atoms in total. The van der Waals surface area contributed by atoms with Crippen molar-refractivity contribution in [3.63, 3.8) is 0 Å². The van der Waals surface area contributed by atoms with Gasteiger partial charge in [0, 0.05) is 30.1 Å². The van der Waals surface area contributed by atoms with E-state index in [1.165, 1.54) is 0 Å². The highest BCUT2D eigenvalue weighted by molar-refractivity contribution is 6.30. The van der Waals surface area contributed by atoms with Gasteiger partial charge in [-0.1, -0.05) is 11.6 Å². The Bertz CT molecular complexity index is 575. The predicted octanol–water partition coefficient (Wildman–Crippen LogP) is 2.32. The lowest BCUT2D eigenvalue weighted by Crippen LogP contribution is -2.21. The van der Waals surface area contributed by atoms with Crippen LogP contribution in [0.4, 0.5) is 0 Å². The van der Waals surface area contributed by atoms with Crippen molar-refractivity contribution in [2.75, 3.05) is 27.3 Å². The number of rotatable bonds is 5. The Morgan fingerprint density at radius 1 is 1.37 bits per heavy atom. The molecule has 19 heavy (non-hydrogen) atoms. The lowest BCUT2D eigenvalue weighted by Gasteiger charge is -2.16. The average Bonchev–Trinajstić information content (AvgIpc) is 2.39. The molecule has 1 N–H and O–H groups in total. The lowest BCUT2D eigenvalue weighted by molar-refractivity contribution is 0.217. The van der Waals surface area contributed by atoms with E-state index in [9.17, 15) is 0 Å². The van der Waals surface area contributed by atoms with Gasteiger partial charge in [0.15, 0.2) is 0 Å². The summed E-state index contributed by atoms with van der Waals surface area (Å²) in [6.45, 7) is 1.40. The molecular formula is C14H17ClN2O2. The van der Waals surface area contributed by atoms with Gasteiger partial charge in [-0.05, 0) is 25.2 Å². The van der Waals surface area contributed by atoms with Gasteiger partial charge in [0.1, 0.15) is 10.9 Å². The van der Waals surface area contributed by atoms with Gasteiger partial charge < -0.3 is 9.84 Å². The average molecular weight is 281 g/mol. The maximum Gasteiger partial charge on any atom is 0.134 e. The monoisotopic (exact) mass is 280 g/mol. The number of likely N-dealkylation sites (N-methyl/N-ethyl adjacent to an activating group) is 1. The first-order valence-electron chi connectivity index (χ1n) is 6.06. The summed E-state index contributed by atoms with van der Waals surface area (Å²) in [5.74, 6) is 0.765. The van der Waals surface area contributed by atoms with Gasteiger partial charge in [0.2, 0.25) is 0 Å². The summed E-state index contributed by atoms with van der Waals surface area (Å²) < 4.78 is 5.17. The van der Waals surface area contributed by atoms with Gasteiger partial charge in [-0.2, -0.15) is 0 Å². The first-order valence-corrected chi connectivity index (χ1v) is 6.44. The fourth-order valence-corrected chi connectivity index (χ4v) is 2.15. The molecule has 0 atom stereocenters. The van der Waals surface area contributed by atoms with Crippen LogP contribution in [0.2, 0.25) is 5.15 Å². The zero-order chi connectivity index (χ0) is 13.8. The number of aliphatic hydroxyl groups excluding tert-OH is 1. The number of hydrogen-bond acceptors (Lipinski definition) is 4. The first kappa shape index (κ1) is 14.1.